The van der Waals surface area contributed by atoms with Gasteiger partial charge in [-0.3, -0.25) is 0 Å². The summed E-state index contributed by atoms with van der Waals surface area (Å²) in [5.74, 6) is 4.00. The molecule has 10 atom stereocenters. The molecular formula is C20H28P2. The van der Waals surface area contributed by atoms with E-state index in [1.54, 1.807) is 0 Å². The fraction of sp³-hybridized carbons (Fsp3) is 0.700. The van der Waals surface area contributed by atoms with E-state index in [9.17, 15) is 0 Å². The monoisotopic (exact) mass is 330 g/mol. The van der Waals surface area contributed by atoms with Gasteiger partial charge in [-0.05, 0) is 69.8 Å². The van der Waals surface area contributed by atoms with Gasteiger partial charge in [-0.15, -0.1) is 0 Å². The number of fused-ring (bicyclic) bond motifs is 2. The van der Waals surface area contributed by atoms with Crippen LogP contribution in [0, 0.1) is 23.7 Å². The molecule has 0 amide bonds. The van der Waals surface area contributed by atoms with Crippen molar-refractivity contribution in [2.45, 2.75) is 63.2 Å². The van der Waals surface area contributed by atoms with Crippen molar-refractivity contribution in [2.24, 2.45) is 23.7 Å². The van der Waals surface area contributed by atoms with Crippen LogP contribution >= 0.6 is 15.8 Å². The molecule has 4 heterocycles. The molecule has 4 saturated heterocycles. The van der Waals surface area contributed by atoms with Crippen molar-refractivity contribution in [3.05, 3.63) is 24.3 Å². The first-order valence-electron chi connectivity index (χ1n) is 9.25. The summed E-state index contributed by atoms with van der Waals surface area (Å²) < 4.78 is 0. The highest BCUT2D eigenvalue weighted by atomic mass is 31.1. The zero-order valence-corrected chi connectivity index (χ0v) is 16.0. The summed E-state index contributed by atoms with van der Waals surface area (Å²) in [6.07, 6.45) is 3.03. The van der Waals surface area contributed by atoms with Crippen LogP contribution in [0.25, 0.3) is 0 Å². The predicted octanol–water partition coefficient (Wildman–Crippen LogP) is 4.75. The van der Waals surface area contributed by atoms with Crippen molar-refractivity contribution in [1.29, 1.82) is 0 Å². The summed E-state index contributed by atoms with van der Waals surface area (Å²) in [6.45, 7) is 10.1. The molecule has 6 aliphatic rings. The minimum Gasteiger partial charge on any atom is -0.0674 e. The zero-order chi connectivity index (χ0) is 15.2. The second-order valence-corrected chi connectivity index (χ2v) is 13.7. The first-order valence-corrected chi connectivity index (χ1v) is 12.2. The van der Waals surface area contributed by atoms with E-state index in [-0.39, 0.29) is 15.8 Å². The van der Waals surface area contributed by atoms with Crippen LogP contribution in [-0.4, -0.2) is 22.6 Å². The fourth-order valence-electron chi connectivity index (χ4n) is 6.57. The molecule has 4 bridgehead atoms. The normalized spacial score (nSPS) is 54.9. The topological polar surface area (TPSA) is 0 Å². The van der Waals surface area contributed by atoms with Crippen molar-refractivity contribution in [3.8, 4) is 0 Å². The fourth-order valence-corrected chi connectivity index (χ4v) is 15.4. The van der Waals surface area contributed by atoms with Crippen LogP contribution in [0.2, 0.25) is 0 Å². The Balaban J connectivity index is 1.52. The number of hydrogen-bond donors (Lipinski definition) is 0. The average molecular weight is 330 g/mol. The molecule has 0 radical (unpaired) electrons. The van der Waals surface area contributed by atoms with Crippen molar-refractivity contribution < 1.29 is 0 Å². The SMILES string of the molecule is CC1CC2C(C)C1P2c1ccccc1P1C2CC(C)C1C2C. The lowest BCUT2D eigenvalue weighted by Gasteiger charge is -2.49. The summed E-state index contributed by atoms with van der Waals surface area (Å²) in [5.41, 5.74) is 4.20. The molecule has 6 fully saturated rings. The van der Waals surface area contributed by atoms with E-state index < -0.39 is 0 Å². The molecule has 4 aliphatic heterocycles. The van der Waals surface area contributed by atoms with Crippen molar-refractivity contribution >= 4 is 26.5 Å². The molecule has 22 heavy (non-hydrogen) atoms. The van der Waals surface area contributed by atoms with E-state index in [2.05, 4.69) is 52.0 Å². The van der Waals surface area contributed by atoms with Gasteiger partial charge in [0.05, 0.1) is 0 Å². The molecule has 1 aromatic rings. The van der Waals surface area contributed by atoms with Crippen LogP contribution < -0.4 is 10.6 Å². The Bertz CT molecular complexity index is 550. The maximum Gasteiger partial charge on any atom is -0.0108 e. The van der Waals surface area contributed by atoms with E-state index in [1.807, 2.05) is 10.6 Å². The molecule has 0 nitrogen and oxygen atoms in total. The van der Waals surface area contributed by atoms with E-state index in [0.29, 0.717) is 0 Å². The molecule has 0 aromatic heterocycles. The summed E-state index contributed by atoms with van der Waals surface area (Å²) >= 11 is 0. The Morgan fingerprint density at radius 3 is 1.41 bits per heavy atom. The summed E-state index contributed by atoms with van der Waals surface area (Å²) in [5, 5.41) is 3.72. The average Bonchev–Trinajstić information content (AvgIpc) is 3.20. The summed E-state index contributed by atoms with van der Waals surface area (Å²) in [6, 6.07) is 9.75. The van der Waals surface area contributed by atoms with E-state index in [0.717, 1.165) is 46.3 Å². The smallest absolute Gasteiger partial charge is 0.0108 e. The lowest BCUT2D eigenvalue weighted by Crippen LogP contribution is -2.45. The third-order valence-corrected chi connectivity index (χ3v) is 15.6. The van der Waals surface area contributed by atoms with Gasteiger partial charge in [0, 0.05) is 0 Å². The quantitative estimate of drug-likeness (QED) is 0.686. The Kier molecular flexibility index (Phi) is 3.15. The van der Waals surface area contributed by atoms with Crippen LogP contribution in [0.1, 0.15) is 40.5 Å². The highest BCUT2D eigenvalue weighted by molar-refractivity contribution is 7.75. The lowest BCUT2D eigenvalue weighted by molar-refractivity contribution is 0.532. The summed E-state index contributed by atoms with van der Waals surface area (Å²) in [7, 11) is 0.339. The zero-order valence-electron chi connectivity index (χ0n) is 14.2. The van der Waals surface area contributed by atoms with Crippen molar-refractivity contribution in [1.82, 2.24) is 0 Å². The van der Waals surface area contributed by atoms with E-state index in [1.165, 1.54) is 12.8 Å². The minimum absolute atomic E-state index is 0.169. The molecule has 2 heteroatoms. The third kappa shape index (κ3) is 1.62. The van der Waals surface area contributed by atoms with Gasteiger partial charge < -0.3 is 0 Å². The largest absolute Gasteiger partial charge is 0.0674 e. The van der Waals surface area contributed by atoms with Gasteiger partial charge in [0.2, 0.25) is 0 Å². The number of benzene rings is 1. The first-order chi connectivity index (χ1) is 10.6. The Hall–Kier alpha value is 0.0800. The van der Waals surface area contributed by atoms with Crippen LogP contribution in [0.3, 0.4) is 0 Å². The molecule has 2 aliphatic carbocycles. The molecule has 1 aromatic carbocycles. The van der Waals surface area contributed by atoms with Gasteiger partial charge in [0.25, 0.3) is 0 Å². The molecule has 118 valence electrons. The number of hydrogen-bond acceptors (Lipinski definition) is 0. The second kappa shape index (κ2) is 4.80. The van der Waals surface area contributed by atoms with Crippen molar-refractivity contribution in [2.75, 3.05) is 0 Å². The molecule has 0 spiro atoms. The second-order valence-electron chi connectivity index (χ2n) is 8.56. The Morgan fingerprint density at radius 1 is 0.727 bits per heavy atom. The maximum atomic E-state index is 2.54. The molecule has 7 rings (SSSR count). The Labute approximate surface area is 138 Å². The van der Waals surface area contributed by atoms with E-state index >= 15 is 0 Å². The van der Waals surface area contributed by atoms with Gasteiger partial charge in [0.15, 0.2) is 0 Å². The van der Waals surface area contributed by atoms with Crippen LogP contribution in [0.5, 0.6) is 0 Å². The first kappa shape index (κ1) is 14.4. The Morgan fingerprint density at radius 2 is 1.14 bits per heavy atom. The van der Waals surface area contributed by atoms with Crippen LogP contribution in [-0.2, 0) is 0 Å². The maximum absolute atomic E-state index is 2.54. The minimum atomic E-state index is 0.169. The van der Waals surface area contributed by atoms with Crippen molar-refractivity contribution in [3.63, 3.8) is 0 Å². The third-order valence-electron chi connectivity index (χ3n) is 7.48. The molecule has 0 N–H and O–H groups in total. The van der Waals surface area contributed by atoms with Gasteiger partial charge in [-0.2, -0.15) is 0 Å². The predicted molar refractivity (Wildman–Crippen MR) is 101 cm³/mol. The van der Waals surface area contributed by atoms with Gasteiger partial charge in [0.1, 0.15) is 0 Å². The lowest BCUT2D eigenvalue weighted by atomic mass is 10.1. The highest BCUT2D eigenvalue weighted by Gasteiger charge is 2.60. The van der Waals surface area contributed by atoms with Gasteiger partial charge >= 0.3 is 0 Å². The standard InChI is InChI=1S/C20H28P2/c1-11-9-17-13(3)19(11)21(17)15-7-5-6-8-16(15)22-18-10-12(2)20(22)14(18)4/h5-8,11-14,17-20H,9-10H2,1-4H3. The number of rotatable bonds is 2. The molecule has 2 saturated carbocycles. The van der Waals surface area contributed by atoms with E-state index in [4.69, 9.17) is 0 Å². The molecular weight excluding hydrogens is 302 g/mol. The van der Waals surface area contributed by atoms with Crippen LogP contribution in [0.15, 0.2) is 24.3 Å². The molecule has 10 unspecified atom stereocenters. The van der Waals surface area contributed by atoms with Gasteiger partial charge in [-0.25, -0.2) is 0 Å². The summed E-state index contributed by atoms with van der Waals surface area (Å²) in [4.78, 5) is 0. The van der Waals surface area contributed by atoms with Gasteiger partial charge in [-0.1, -0.05) is 67.8 Å². The van der Waals surface area contributed by atoms with Crippen LogP contribution in [0.4, 0.5) is 0 Å². The highest BCUT2D eigenvalue weighted by Crippen LogP contribution is 2.75.